The van der Waals surface area contributed by atoms with E-state index in [9.17, 15) is 14.4 Å². The molecule has 0 saturated heterocycles. The SMILES string of the molecule is CN(Cc1ccccc1)C(=O)CCC(NC(=O)c1ccc(N(C)Cc2cnc3nc(N)nc(N)c3n2)cc1)C(=O)N(C)Cc1ccccc1. The van der Waals surface area contributed by atoms with Gasteiger partial charge in [0.25, 0.3) is 5.91 Å². The van der Waals surface area contributed by atoms with Crippen molar-refractivity contribution in [3.8, 4) is 0 Å². The quantitative estimate of drug-likeness (QED) is 0.170. The van der Waals surface area contributed by atoms with Gasteiger partial charge in [0.2, 0.25) is 17.8 Å². The number of rotatable bonds is 13. The number of nitrogens with one attached hydrogen (secondary N) is 1. The molecule has 1 unspecified atom stereocenters. The standard InChI is InChI=1S/C36H40N10O3/c1-44(23-27-20-39-33-31(40-27)32(37)42-36(38)43-33)28-16-14-26(15-17-28)34(48)41-29(35(49)46(3)22-25-12-8-5-9-13-25)18-19-30(47)45(2)21-24-10-6-4-7-11-24/h4-17,20,29H,18-19,21-23H2,1-3H3,(H,41,48)(H4,37,38,39,42,43). The van der Waals surface area contributed by atoms with Crippen LogP contribution in [0, 0.1) is 0 Å². The van der Waals surface area contributed by atoms with Gasteiger partial charge in [0.15, 0.2) is 17.0 Å². The summed E-state index contributed by atoms with van der Waals surface area (Å²) in [6, 6.07) is 25.4. The highest BCUT2D eigenvalue weighted by molar-refractivity contribution is 5.98. The van der Waals surface area contributed by atoms with Crippen molar-refractivity contribution in [3.63, 3.8) is 0 Å². The summed E-state index contributed by atoms with van der Waals surface area (Å²) < 4.78 is 0. The molecule has 0 fully saturated rings. The van der Waals surface area contributed by atoms with Gasteiger partial charge in [0, 0.05) is 51.9 Å². The summed E-state index contributed by atoms with van der Waals surface area (Å²) in [5.41, 5.74) is 16.1. The fraction of sp³-hybridized carbons (Fsp3) is 0.250. The maximum atomic E-state index is 13.7. The van der Waals surface area contributed by atoms with E-state index in [0.717, 1.165) is 16.8 Å². The van der Waals surface area contributed by atoms with Crippen LogP contribution >= 0.6 is 0 Å². The Bertz CT molecular complexity index is 1910. The lowest BCUT2D eigenvalue weighted by atomic mass is 10.1. The van der Waals surface area contributed by atoms with Gasteiger partial charge in [-0.3, -0.25) is 14.4 Å². The molecule has 5 aromatic rings. The third kappa shape index (κ3) is 9.04. The molecule has 0 spiro atoms. The number of anilines is 3. The summed E-state index contributed by atoms with van der Waals surface area (Å²) in [6.07, 6.45) is 1.84. The third-order valence-corrected chi connectivity index (χ3v) is 8.05. The minimum Gasteiger partial charge on any atom is -0.382 e. The molecular weight excluding hydrogens is 620 g/mol. The first-order chi connectivity index (χ1) is 23.6. The first kappa shape index (κ1) is 34.2. The minimum atomic E-state index is -0.907. The van der Waals surface area contributed by atoms with Gasteiger partial charge >= 0.3 is 0 Å². The fourth-order valence-electron chi connectivity index (χ4n) is 5.36. The molecule has 2 aromatic heterocycles. The molecule has 0 aliphatic rings. The number of amides is 3. The summed E-state index contributed by atoms with van der Waals surface area (Å²) in [4.78, 5) is 62.2. The zero-order valence-corrected chi connectivity index (χ0v) is 27.8. The van der Waals surface area contributed by atoms with E-state index in [1.165, 1.54) is 0 Å². The topological polar surface area (TPSA) is 177 Å². The van der Waals surface area contributed by atoms with Gasteiger partial charge < -0.3 is 31.5 Å². The van der Waals surface area contributed by atoms with Gasteiger partial charge in [-0.25, -0.2) is 9.97 Å². The van der Waals surface area contributed by atoms with Crippen LogP contribution in [-0.2, 0) is 29.2 Å². The van der Waals surface area contributed by atoms with Gasteiger partial charge in [-0.1, -0.05) is 60.7 Å². The summed E-state index contributed by atoms with van der Waals surface area (Å²) in [5.74, 6) is -0.632. The number of likely N-dealkylation sites (N-methyl/N-ethyl adjacent to an activating group) is 1. The molecule has 0 radical (unpaired) electrons. The second-order valence-electron chi connectivity index (χ2n) is 11.9. The van der Waals surface area contributed by atoms with Crippen molar-refractivity contribution in [3.05, 3.63) is 114 Å². The molecular formula is C36H40N10O3. The highest BCUT2D eigenvalue weighted by Crippen LogP contribution is 2.19. The zero-order valence-electron chi connectivity index (χ0n) is 27.8. The lowest BCUT2D eigenvalue weighted by Gasteiger charge is -2.26. The largest absolute Gasteiger partial charge is 0.382 e. The van der Waals surface area contributed by atoms with Crippen molar-refractivity contribution < 1.29 is 14.4 Å². The van der Waals surface area contributed by atoms with Crippen molar-refractivity contribution in [2.45, 2.75) is 38.5 Å². The van der Waals surface area contributed by atoms with Crippen LogP contribution in [0.5, 0.6) is 0 Å². The molecule has 13 heteroatoms. The number of fused-ring (bicyclic) bond motifs is 1. The number of benzene rings is 3. The second-order valence-corrected chi connectivity index (χ2v) is 11.9. The van der Waals surface area contributed by atoms with Crippen molar-refractivity contribution in [1.82, 2.24) is 35.1 Å². The first-order valence-corrected chi connectivity index (χ1v) is 15.8. The van der Waals surface area contributed by atoms with Crippen molar-refractivity contribution in [2.24, 2.45) is 0 Å². The van der Waals surface area contributed by atoms with Crippen molar-refractivity contribution in [2.75, 3.05) is 37.5 Å². The molecule has 3 aromatic carbocycles. The fourth-order valence-corrected chi connectivity index (χ4v) is 5.36. The number of nitrogens with two attached hydrogens (primary N) is 2. The van der Waals surface area contributed by atoms with E-state index >= 15 is 0 Å². The molecule has 5 rings (SSSR count). The van der Waals surface area contributed by atoms with E-state index in [-0.39, 0.29) is 36.4 Å². The van der Waals surface area contributed by atoms with Gasteiger partial charge in [-0.2, -0.15) is 9.97 Å². The maximum Gasteiger partial charge on any atom is 0.251 e. The molecule has 13 nitrogen and oxygen atoms in total. The lowest BCUT2D eigenvalue weighted by Crippen LogP contribution is -2.47. The molecule has 2 heterocycles. The van der Waals surface area contributed by atoms with Gasteiger partial charge in [-0.05, 0) is 41.8 Å². The Balaban J connectivity index is 1.25. The van der Waals surface area contributed by atoms with Crippen molar-refractivity contribution >= 4 is 46.3 Å². The van der Waals surface area contributed by atoms with Gasteiger partial charge in [0.05, 0.1) is 18.4 Å². The first-order valence-electron chi connectivity index (χ1n) is 15.8. The molecule has 5 N–H and O–H groups in total. The smallest absolute Gasteiger partial charge is 0.251 e. The Labute approximate surface area is 285 Å². The van der Waals surface area contributed by atoms with Gasteiger partial charge in [-0.15, -0.1) is 0 Å². The molecule has 252 valence electrons. The highest BCUT2D eigenvalue weighted by atomic mass is 16.2. The van der Waals surface area contributed by atoms with E-state index in [2.05, 4.69) is 25.3 Å². The maximum absolute atomic E-state index is 13.7. The second kappa shape index (κ2) is 15.7. The number of aromatic nitrogens is 4. The number of nitrogens with zero attached hydrogens (tertiary/aromatic N) is 7. The van der Waals surface area contributed by atoms with E-state index in [0.29, 0.717) is 42.1 Å². The van der Waals surface area contributed by atoms with Crippen LogP contribution < -0.4 is 21.7 Å². The normalized spacial score (nSPS) is 11.5. The Hall–Kier alpha value is -6.11. The van der Waals surface area contributed by atoms with E-state index < -0.39 is 11.9 Å². The average molecular weight is 661 g/mol. The summed E-state index contributed by atoms with van der Waals surface area (Å²) >= 11 is 0. The van der Waals surface area contributed by atoms with Gasteiger partial charge in [0.1, 0.15) is 6.04 Å². The predicted molar refractivity (Wildman–Crippen MR) is 189 cm³/mol. The van der Waals surface area contributed by atoms with E-state index in [1.54, 1.807) is 42.2 Å². The van der Waals surface area contributed by atoms with Crippen LogP contribution in [-0.4, -0.2) is 74.6 Å². The molecule has 0 saturated carbocycles. The Kier molecular flexibility index (Phi) is 10.9. The highest BCUT2D eigenvalue weighted by Gasteiger charge is 2.26. The van der Waals surface area contributed by atoms with Crippen molar-refractivity contribution in [1.29, 1.82) is 0 Å². The summed E-state index contributed by atoms with van der Waals surface area (Å²) in [7, 11) is 5.31. The molecule has 0 bridgehead atoms. The van der Waals surface area contributed by atoms with Crippen LogP contribution in [0.1, 0.15) is 40.0 Å². The van der Waals surface area contributed by atoms with Crippen LogP contribution in [0.3, 0.4) is 0 Å². The molecule has 49 heavy (non-hydrogen) atoms. The van der Waals surface area contributed by atoms with Crippen LogP contribution in [0.4, 0.5) is 17.5 Å². The minimum absolute atomic E-state index is 0.0307. The number of carbonyl (C=O) groups excluding carboxylic acids is 3. The predicted octanol–water partition coefficient (Wildman–Crippen LogP) is 3.42. The number of carbonyl (C=O) groups is 3. The van der Waals surface area contributed by atoms with Crippen LogP contribution in [0.2, 0.25) is 0 Å². The monoisotopic (exact) mass is 660 g/mol. The number of hydrogen-bond acceptors (Lipinski definition) is 10. The molecule has 0 aliphatic heterocycles. The Morgan fingerprint density at radius 2 is 1.37 bits per heavy atom. The van der Waals surface area contributed by atoms with E-state index in [1.807, 2.05) is 84.7 Å². The van der Waals surface area contributed by atoms with E-state index in [4.69, 9.17) is 11.5 Å². The lowest BCUT2D eigenvalue weighted by molar-refractivity contribution is -0.133. The zero-order chi connectivity index (χ0) is 34.9. The number of nitrogen functional groups attached to an aromatic ring is 2. The Morgan fingerprint density at radius 1 is 0.755 bits per heavy atom. The molecule has 3 amide bonds. The average Bonchev–Trinajstić information content (AvgIpc) is 3.10. The molecule has 0 aliphatic carbocycles. The summed E-state index contributed by atoms with van der Waals surface area (Å²) in [5, 5.41) is 2.89. The summed E-state index contributed by atoms with van der Waals surface area (Å²) in [6.45, 7) is 1.21. The van der Waals surface area contributed by atoms with Crippen LogP contribution in [0.25, 0.3) is 11.2 Å². The Morgan fingerprint density at radius 3 is 2.00 bits per heavy atom. The third-order valence-electron chi connectivity index (χ3n) is 8.05. The van der Waals surface area contributed by atoms with Crippen LogP contribution in [0.15, 0.2) is 91.1 Å². The molecule has 1 atom stereocenters. The number of hydrogen-bond donors (Lipinski definition) is 3.